The van der Waals surface area contributed by atoms with E-state index in [0.717, 1.165) is 64.0 Å². The number of nitrogens with zero attached hydrogens (tertiary/aromatic N) is 1. The van der Waals surface area contributed by atoms with Gasteiger partial charge in [-0.25, -0.2) is 0 Å². The molecule has 0 aromatic carbocycles. The Morgan fingerprint density at radius 2 is 0.911 bits per heavy atom. The molecule has 0 bridgehead atoms. The average molecular weight is 634 g/mol. The molecule has 4 aliphatic rings. The lowest BCUT2D eigenvalue weighted by atomic mass is 9.79. The highest BCUT2D eigenvalue weighted by atomic mass is 16.1. The molecule has 3 saturated carbocycles. The summed E-state index contributed by atoms with van der Waals surface area (Å²) in [4.78, 5) is 46.0. The third-order valence-electron chi connectivity index (χ3n) is 11.0. The summed E-state index contributed by atoms with van der Waals surface area (Å²) in [5, 5.41) is 6.54. The van der Waals surface area contributed by atoms with Crippen molar-refractivity contribution in [1.82, 2.24) is 15.5 Å². The lowest BCUT2D eigenvalue weighted by Gasteiger charge is -2.27. The maximum absolute atomic E-state index is 11.1. The Labute approximate surface area is 277 Å². The number of likely N-dealkylation sites (tertiary alicyclic amines) is 1. The minimum absolute atomic E-state index is 0.350. The predicted molar refractivity (Wildman–Crippen MR) is 188 cm³/mol. The van der Waals surface area contributed by atoms with Crippen LogP contribution in [0.5, 0.6) is 0 Å². The molecule has 0 aromatic heterocycles. The molecule has 4 fully saturated rings. The summed E-state index contributed by atoms with van der Waals surface area (Å²) in [6, 6.07) is 1.36. The van der Waals surface area contributed by atoms with E-state index in [1.165, 1.54) is 64.2 Å². The van der Waals surface area contributed by atoms with Crippen LogP contribution in [0.3, 0.4) is 0 Å². The molecule has 0 unspecified atom stereocenters. The number of Topliss-reactive ketones (excluding diaryl/α,β-unsaturated/α-hetero) is 4. The molecule has 0 radical (unpaired) electrons. The van der Waals surface area contributed by atoms with Gasteiger partial charge in [-0.1, -0.05) is 19.8 Å². The quantitative estimate of drug-likeness (QED) is 0.277. The van der Waals surface area contributed by atoms with Crippen molar-refractivity contribution >= 4 is 23.1 Å². The van der Waals surface area contributed by atoms with Crippen molar-refractivity contribution < 1.29 is 19.2 Å². The number of carbonyl (C=O) groups is 4. The molecule has 0 aromatic rings. The zero-order valence-electron chi connectivity index (χ0n) is 30.6. The summed E-state index contributed by atoms with van der Waals surface area (Å²) in [5.41, 5.74) is 0. The molecule has 1 heterocycles. The van der Waals surface area contributed by atoms with Crippen molar-refractivity contribution in [2.24, 2.45) is 29.6 Å². The third-order valence-corrected chi connectivity index (χ3v) is 11.0. The van der Waals surface area contributed by atoms with Crippen molar-refractivity contribution in [3.05, 3.63) is 0 Å². The van der Waals surface area contributed by atoms with Crippen molar-refractivity contribution in [2.75, 3.05) is 34.2 Å². The minimum atomic E-state index is 0.350. The van der Waals surface area contributed by atoms with Crippen LogP contribution in [0.15, 0.2) is 0 Å². The Bertz CT molecular complexity index is 830. The van der Waals surface area contributed by atoms with Gasteiger partial charge in [0.15, 0.2) is 0 Å². The molecule has 0 spiro atoms. The maximum Gasteiger partial charge on any atom is 0.133 e. The Kier molecular flexibility index (Phi) is 22.0. The SMILES string of the molecule is CC(=O)C1CCN(C)CC1.CCCC1CCC(C(C)=O)CC1.CNC1CCC(C(C)=O)CC1.CNC1CCC(CC(C)=O)CC1. The minimum Gasteiger partial charge on any atom is -0.317 e. The van der Waals surface area contributed by atoms with Gasteiger partial charge in [-0.2, -0.15) is 0 Å². The molecule has 7 heteroatoms. The molecular weight excluding hydrogens is 562 g/mol. The van der Waals surface area contributed by atoms with Crippen LogP contribution < -0.4 is 10.6 Å². The summed E-state index contributed by atoms with van der Waals surface area (Å²) in [5.74, 6) is 4.21. The van der Waals surface area contributed by atoms with Gasteiger partial charge in [-0.3, -0.25) is 14.4 Å². The Hall–Kier alpha value is -1.44. The van der Waals surface area contributed by atoms with Crippen LogP contribution in [0.2, 0.25) is 0 Å². The fraction of sp³-hybridized carbons (Fsp3) is 0.895. The van der Waals surface area contributed by atoms with E-state index in [1.807, 2.05) is 14.1 Å². The number of rotatable bonds is 9. The summed E-state index contributed by atoms with van der Waals surface area (Å²) in [6.45, 7) is 11.3. The van der Waals surface area contributed by atoms with Crippen molar-refractivity contribution in [3.63, 3.8) is 0 Å². The van der Waals surface area contributed by atoms with Crippen LogP contribution in [0, 0.1) is 29.6 Å². The van der Waals surface area contributed by atoms with E-state index in [-0.39, 0.29) is 0 Å². The summed E-state index contributed by atoms with van der Waals surface area (Å²) >= 11 is 0. The van der Waals surface area contributed by atoms with Gasteiger partial charge in [-0.15, -0.1) is 0 Å². The topological polar surface area (TPSA) is 95.6 Å². The lowest BCUT2D eigenvalue weighted by molar-refractivity contribution is -0.122. The van der Waals surface area contributed by atoms with Crippen LogP contribution in [0.25, 0.3) is 0 Å². The van der Waals surface area contributed by atoms with Crippen molar-refractivity contribution in [1.29, 1.82) is 0 Å². The normalized spacial score (nSPS) is 29.0. The fourth-order valence-corrected chi connectivity index (χ4v) is 7.53. The Morgan fingerprint density at radius 1 is 0.556 bits per heavy atom. The molecule has 4 rings (SSSR count). The highest BCUT2D eigenvalue weighted by Crippen LogP contribution is 2.32. The second-order valence-corrected chi connectivity index (χ2v) is 14.7. The van der Waals surface area contributed by atoms with Gasteiger partial charge in [0.05, 0.1) is 0 Å². The number of nitrogens with one attached hydrogen (secondary N) is 2. The van der Waals surface area contributed by atoms with E-state index >= 15 is 0 Å². The van der Waals surface area contributed by atoms with Gasteiger partial charge >= 0.3 is 0 Å². The van der Waals surface area contributed by atoms with E-state index in [9.17, 15) is 19.2 Å². The number of hydrogen-bond donors (Lipinski definition) is 2. The maximum atomic E-state index is 11.1. The van der Waals surface area contributed by atoms with Gasteiger partial charge < -0.3 is 20.3 Å². The van der Waals surface area contributed by atoms with E-state index in [4.69, 9.17) is 0 Å². The predicted octanol–water partition coefficient (Wildman–Crippen LogP) is 7.20. The number of carbonyl (C=O) groups excluding carboxylic acids is 4. The number of ketones is 4. The Balaban J connectivity index is 0.000000301. The number of hydrogen-bond acceptors (Lipinski definition) is 7. The first-order chi connectivity index (χ1) is 21.4. The monoisotopic (exact) mass is 634 g/mol. The molecule has 2 N–H and O–H groups in total. The second-order valence-electron chi connectivity index (χ2n) is 14.7. The zero-order valence-corrected chi connectivity index (χ0v) is 30.6. The van der Waals surface area contributed by atoms with Gasteiger partial charge in [0.25, 0.3) is 0 Å². The molecule has 45 heavy (non-hydrogen) atoms. The van der Waals surface area contributed by atoms with Gasteiger partial charge in [-0.05, 0) is 164 Å². The molecule has 0 atom stereocenters. The zero-order chi connectivity index (χ0) is 33.8. The molecule has 1 saturated heterocycles. The third kappa shape index (κ3) is 18.5. The van der Waals surface area contributed by atoms with Crippen LogP contribution in [0.1, 0.15) is 144 Å². The molecule has 7 nitrogen and oxygen atoms in total. The molecule has 3 aliphatic carbocycles. The number of piperidine rings is 1. The largest absolute Gasteiger partial charge is 0.317 e. The van der Waals surface area contributed by atoms with E-state index in [1.54, 1.807) is 27.7 Å². The summed E-state index contributed by atoms with van der Waals surface area (Å²) in [6.07, 6.45) is 19.9. The van der Waals surface area contributed by atoms with Crippen LogP contribution in [-0.2, 0) is 19.2 Å². The van der Waals surface area contributed by atoms with E-state index in [2.05, 4.69) is 29.5 Å². The van der Waals surface area contributed by atoms with Gasteiger partial charge in [0.2, 0.25) is 0 Å². The van der Waals surface area contributed by atoms with E-state index in [0.29, 0.717) is 58.9 Å². The van der Waals surface area contributed by atoms with Crippen molar-refractivity contribution in [3.8, 4) is 0 Å². The molecule has 262 valence electrons. The van der Waals surface area contributed by atoms with Gasteiger partial charge in [0, 0.05) is 36.3 Å². The van der Waals surface area contributed by atoms with Gasteiger partial charge in [0.1, 0.15) is 23.1 Å². The molecule has 1 aliphatic heterocycles. The fourth-order valence-electron chi connectivity index (χ4n) is 7.53. The highest BCUT2D eigenvalue weighted by Gasteiger charge is 2.24. The summed E-state index contributed by atoms with van der Waals surface area (Å²) in [7, 11) is 6.13. The highest BCUT2D eigenvalue weighted by molar-refractivity contribution is 5.79. The standard InChI is InChI=1S/C11H20O.C10H19NO.C9H17NO.C8H15NO/c1-3-4-10-5-7-11(8-6-10)9(2)12;1-8(12)7-9-3-5-10(11-2)6-4-9;1-7(11)8-3-5-9(10-2)6-4-8;1-7(10)8-3-5-9(2)6-4-8/h10-11H,3-8H2,1-2H3;9-11H,3-7H2,1-2H3;8-10H,3-6H2,1-2H3;8H,3-6H2,1-2H3. The first-order valence-corrected chi connectivity index (χ1v) is 18.4. The van der Waals surface area contributed by atoms with Crippen molar-refractivity contribution in [2.45, 2.75) is 156 Å². The second kappa shape index (κ2) is 23.8. The first kappa shape index (κ1) is 41.6. The molecular formula is C38H71N3O4. The summed E-state index contributed by atoms with van der Waals surface area (Å²) < 4.78 is 0. The Morgan fingerprint density at radius 3 is 1.27 bits per heavy atom. The average Bonchev–Trinajstić information content (AvgIpc) is 3.03. The smallest absolute Gasteiger partial charge is 0.133 e. The first-order valence-electron chi connectivity index (χ1n) is 18.4. The molecule has 0 amide bonds. The van der Waals surface area contributed by atoms with E-state index < -0.39 is 0 Å². The van der Waals surface area contributed by atoms with Crippen LogP contribution in [0.4, 0.5) is 0 Å². The lowest BCUT2D eigenvalue weighted by Crippen LogP contribution is -2.32. The van der Waals surface area contributed by atoms with Crippen LogP contribution in [-0.4, -0.2) is 74.3 Å². The van der Waals surface area contributed by atoms with Crippen LogP contribution >= 0.6 is 0 Å².